The molecular weight excluding hydrogens is 392 g/mol. The third-order valence-electron chi connectivity index (χ3n) is 6.42. The van der Waals surface area contributed by atoms with Crippen LogP contribution in [0, 0.1) is 0 Å². The number of benzene rings is 2. The molecule has 162 valence electrons. The fourth-order valence-electron chi connectivity index (χ4n) is 4.71. The van der Waals surface area contributed by atoms with Crippen LogP contribution >= 0.6 is 0 Å². The molecule has 1 aliphatic heterocycles. The molecule has 2 heterocycles. The van der Waals surface area contributed by atoms with Crippen molar-refractivity contribution in [1.29, 1.82) is 0 Å². The van der Waals surface area contributed by atoms with Gasteiger partial charge in [0, 0.05) is 55.4 Å². The highest BCUT2D eigenvalue weighted by Crippen LogP contribution is 2.36. The van der Waals surface area contributed by atoms with Crippen LogP contribution in [0.15, 0.2) is 51.7 Å². The van der Waals surface area contributed by atoms with Crippen molar-refractivity contribution in [3.63, 3.8) is 0 Å². The molecule has 2 aromatic carbocycles. The van der Waals surface area contributed by atoms with E-state index in [1.54, 1.807) is 13.2 Å². The zero-order valence-electron chi connectivity index (χ0n) is 17.9. The van der Waals surface area contributed by atoms with Crippen molar-refractivity contribution in [1.82, 2.24) is 4.90 Å². The second-order valence-electron chi connectivity index (χ2n) is 8.21. The number of piperazine rings is 1. The predicted octanol–water partition coefficient (Wildman–Crippen LogP) is 3.49. The van der Waals surface area contributed by atoms with Gasteiger partial charge in [0.25, 0.3) is 0 Å². The molecule has 1 fully saturated rings. The topological polar surface area (TPSA) is 55.2 Å². The molecule has 0 atom stereocenters. The summed E-state index contributed by atoms with van der Waals surface area (Å²) >= 11 is 0. The average Bonchev–Trinajstić information content (AvgIpc) is 3.31. The Balaban J connectivity index is 1.24. The van der Waals surface area contributed by atoms with E-state index in [0.717, 1.165) is 68.5 Å². The van der Waals surface area contributed by atoms with Crippen molar-refractivity contribution >= 4 is 16.7 Å². The van der Waals surface area contributed by atoms with Crippen LogP contribution in [-0.4, -0.2) is 51.3 Å². The smallest absolute Gasteiger partial charge is 0.339 e. The number of aryl methyl sites for hydroxylation is 1. The Morgan fingerprint density at radius 1 is 0.968 bits per heavy atom. The van der Waals surface area contributed by atoms with Crippen molar-refractivity contribution < 1.29 is 13.9 Å². The summed E-state index contributed by atoms with van der Waals surface area (Å²) in [6.07, 6.45) is 2.70. The first kappa shape index (κ1) is 19.9. The molecule has 31 heavy (non-hydrogen) atoms. The molecule has 6 nitrogen and oxygen atoms in total. The van der Waals surface area contributed by atoms with Gasteiger partial charge in [0.1, 0.15) is 12.2 Å². The van der Waals surface area contributed by atoms with E-state index in [1.165, 1.54) is 5.69 Å². The van der Waals surface area contributed by atoms with Gasteiger partial charge < -0.3 is 18.8 Å². The van der Waals surface area contributed by atoms with Crippen molar-refractivity contribution in [2.45, 2.75) is 19.3 Å². The Morgan fingerprint density at radius 3 is 2.52 bits per heavy atom. The molecule has 0 spiro atoms. The number of fused-ring (bicyclic) bond motifs is 3. The maximum Gasteiger partial charge on any atom is 0.339 e. The summed E-state index contributed by atoms with van der Waals surface area (Å²) in [7, 11) is 1.61. The van der Waals surface area contributed by atoms with Crippen molar-refractivity contribution in [3.8, 4) is 11.5 Å². The quantitative estimate of drug-likeness (QED) is 0.569. The standard InChI is InChI=1S/C25H28N2O4/c1-29-23-17-22-21(19-8-5-9-20(19)25(28)31-22)16-24(23)30-15-14-26-10-12-27(13-11-26)18-6-3-2-4-7-18/h2-4,6-7,16-17H,5,8-15H2,1H3. The molecule has 0 radical (unpaired) electrons. The van der Waals surface area contributed by atoms with Gasteiger partial charge in [-0.05, 0) is 43.0 Å². The number of para-hydroxylation sites is 1. The number of nitrogens with zero attached hydrogens (tertiary/aromatic N) is 2. The first-order valence-corrected chi connectivity index (χ1v) is 11.0. The lowest BCUT2D eigenvalue weighted by molar-refractivity contribution is 0.197. The highest BCUT2D eigenvalue weighted by Gasteiger charge is 2.22. The molecular formula is C25H28N2O4. The van der Waals surface area contributed by atoms with Crippen LogP contribution < -0.4 is 20.0 Å². The van der Waals surface area contributed by atoms with E-state index in [4.69, 9.17) is 13.9 Å². The molecule has 1 aromatic heterocycles. The third-order valence-corrected chi connectivity index (χ3v) is 6.42. The van der Waals surface area contributed by atoms with Crippen LogP contribution in [0.4, 0.5) is 5.69 Å². The van der Waals surface area contributed by atoms with Gasteiger partial charge in [0.2, 0.25) is 0 Å². The van der Waals surface area contributed by atoms with E-state index in [0.29, 0.717) is 23.7 Å². The van der Waals surface area contributed by atoms with E-state index in [1.807, 2.05) is 6.07 Å². The minimum absolute atomic E-state index is 0.217. The first-order valence-electron chi connectivity index (χ1n) is 11.0. The first-order chi connectivity index (χ1) is 15.2. The zero-order chi connectivity index (χ0) is 21.2. The lowest BCUT2D eigenvalue weighted by atomic mass is 10.1. The van der Waals surface area contributed by atoms with Gasteiger partial charge in [-0.1, -0.05) is 18.2 Å². The van der Waals surface area contributed by atoms with E-state index >= 15 is 0 Å². The van der Waals surface area contributed by atoms with Gasteiger partial charge in [-0.15, -0.1) is 0 Å². The fraction of sp³-hybridized carbons (Fsp3) is 0.400. The van der Waals surface area contributed by atoms with Gasteiger partial charge in [0.05, 0.1) is 7.11 Å². The van der Waals surface area contributed by atoms with Crippen LogP contribution in [-0.2, 0) is 12.8 Å². The molecule has 5 rings (SSSR count). The van der Waals surface area contributed by atoms with Gasteiger partial charge >= 0.3 is 5.63 Å². The van der Waals surface area contributed by atoms with E-state index in [-0.39, 0.29) is 5.63 Å². The van der Waals surface area contributed by atoms with E-state index in [9.17, 15) is 4.79 Å². The molecule has 0 amide bonds. The van der Waals surface area contributed by atoms with Crippen molar-refractivity contribution in [2.75, 3.05) is 51.3 Å². The molecule has 0 bridgehead atoms. The normalized spacial score (nSPS) is 16.5. The van der Waals surface area contributed by atoms with Crippen LogP contribution in [0.25, 0.3) is 11.0 Å². The lowest BCUT2D eigenvalue weighted by Crippen LogP contribution is -2.47. The molecule has 0 unspecified atom stereocenters. The van der Waals surface area contributed by atoms with Crippen LogP contribution in [0.1, 0.15) is 17.5 Å². The van der Waals surface area contributed by atoms with E-state index in [2.05, 4.69) is 40.1 Å². The van der Waals surface area contributed by atoms with Crippen LogP contribution in [0.5, 0.6) is 11.5 Å². The second kappa shape index (κ2) is 8.63. The highest BCUT2D eigenvalue weighted by molar-refractivity contribution is 5.85. The Labute approximate surface area is 182 Å². The summed E-state index contributed by atoms with van der Waals surface area (Å²) in [5, 5.41) is 0.972. The summed E-state index contributed by atoms with van der Waals surface area (Å²) in [6.45, 7) is 5.54. The largest absolute Gasteiger partial charge is 0.493 e. The zero-order valence-corrected chi connectivity index (χ0v) is 17.9. The van der Waals surface area contributed by atoms with Crippen molar-refractivity contribution in [3.05, 3.63) is 64.0 Å². The minimum atomic E-state index is -0.217. The Bertz CT molecular complexity index is 1120. The lowest BCUT2D eigenvalue weighted by Gasteiger charge is -2.36. The molecule has 0 saturated carbocycles. The monoisotopic (exact) mass is 420 g/mol. The summed E-state index contributed by atoms with van der Waals surface area (Å²) in [5.74, 6) is 1.31. The summed E-state index contributed by atoms with van der Waals surface area (Å²) in [5.41, 5.74) is 3.58. The number of hydrogen-bond donors (Lipinski definition) is 0. The molecule has 6 heteroatoms. The second-order valence-corrected chi connectivity index (χ2v) is 8.21. The summed E-state index contributed by atoms with van der Waals surface area (Å²) in [4.78, 5) is 17.1. The fourth-order valence-corrected chi connectivity index (χ4v) is 4.71. The molecule has 2 aliphatic rings. The highest BCUT2D eigenvalue weighted by atomic mass is 16.5. The van der Waals surface area contributed by atoms with Gasteiger partial charge in [-0.25, -0.2) is 4.79 Å². The Hall–Kier alpha value is -2.99. The maximum absolute atomic E-state index is 12.2. The number of rotatable bonds is 6. The number of hydrogen-bond acceptors (Lipinski definition) is 6. The Morgan fingerprint density at radius 2 is 1.74 bits per heavy atom. The molecule has 3 aromatic rings. The summed E-state index contributed by atoms with van der Waals surface area (Å²) < 4.78 is 17.2. The van der Waals surface area contributed by atoms with Crippen LogP contribution in [0.2, 0.25) is 0 Å². The predicted molar refractivity (Wildman–Crippen MR) is 122 cm³/mol. The number of methoxy groups -OCH3 is 1. The van der Waals surface area contributed by atoms with Crippen molar-refractivity contribution in [2.24, 2.45) is 0 Å². The van der Waals surface area contributed by atoms with E-state index < -0.39 is 0 Å². The summed E-state index contributed by atoms with van der Waals surface area (Å²) in [6, 6.07) is 14.3. The maximum atomic E-state index is 12.2. The molecule has 0 N–H and O–H groups in total. The third kappa shape index (κ3) is 4.00. The van der Waals surface area contributed by atoms with Gasteiger partial charge in [-0.3, -0.25) is 4.90 Å². The number of ether oxygens (including phenoxy) is 2. The van der Waals surface area contributed by atoms with Crippen LogP contribution in [0.3, 0.4) is 0 Å². The average molecular weight is 421 g/mol. The van der Waals surface area contributed by atoms with Gasteiger partial charge in [-0.2, -0.15) is 0 Å². The molecule has 1 saturated heterocycles. The molecule has 1 aliphatic carbocycles. The Kier molecular flexibility index (Phi) is 5.55. The number of anilines is 1. The van der Waals surface area contributed by atoms with Gasteiger partial charge in [0.15, 0.2) is 11.5 Å². The SMILES string of the molecule is COc1cc2oc(=O)c3c(c2cc1OCCN1CCN(c2ccccc2)CC1)CCC3. The minimum Gasteiger partial charge on any atom is -0.493 e.